The van der Waals surface area contributed by atoms with Crippen molar-refractivity contribution in [1.29, 1.82) is 0 Å². The van der Waals surface area contributed by atoms with Crippen molar-refractivity contribution in [3.8, 4) is 0 Å². The average Bonchev–Trinajstić information content (AvgIpc) is 2.64. The summed E-state index contributed by atoms with van der Waals surface area (Å²) < 4.78 is 0. The third-order valence-corrected chi connectivity index (χ3v) is 2.34. The van der Waals surface area contributed by atoms with Gasteiger partial charge in [-0.25, -0.2) is 0 Å². The second kappa shape index (κ2) is 4.15. The second-order valence-electron chi connectivity index (χ2n) is 3.72. The quantitative estimate of drug-likeness (QED) is 0.689. The molecule has 0 aromatic heterocycles. The summed E-state index contributed by atoms with van der Waals surface area (Å²) in [5.41, 5.74) is 8.82. The van der Waals surface area contributed by atoms with Gasteiger partial charge >= 0.3 is 0 Å². The third-order valence-electron chi connectivity index (χ3n) is 2.34. The molecule has 76 valence electrons. The van der Waals surface area contributed by atoms with E-state index in [0.29, 0.717) is 0 Å². The van der Waals surface area contributed by atoms with E-state index in [4.69, 9.17) is 5.73 Å². The number of hydrogen-bond donors (Lipinski definition) is 2. The molecule has 0 bridgehead atoms. The summed E-state index contributed by atoms with van der Waals surface area (Å²) in [5.74, 6) is 0. The summed E-state index contributed by atoms with van der Waals surface area (Å²) in [6, 6.07) is 7.86. The van der Waals surface area contributed by atoms with E-state index >= 15 is 0 Å². The van der Waals surface area contributed by atoms with Crippen LogP contribution in [-0.4, -0.2) is 7.05 Å². The summed E-state index contributed by atoms with van der Waals surface area (Å²) in [7, 11) is 2.10. The SMILES string of the molecule is C[NH+]1C=CC(/C=C/c2ccc(N)cc2)=C1. The molecule has 2 heteroatoms. The van der Waals surface area contributed by atoms with Crippen LogP contribution < -0.4 is 10.6 Å². The first kappa shape index (κ1) is 9.74. The maximum Gasteiger partial charge on any atom is 0.106 e. The van der Waals surface area contributed by atoms with Crippen molar-refractivity contribution in [2.45, 2.75) is 0 Å². The van der Waals surface area contributed by atoms with Gasteiger partial charge in [-0.15, -0.1) is 0 Å². The molecule has 1 atom stereocenters. The van der Waals surface area contributed by atoms with Crippen LogP contribution in [0.1, 0.15) is 5.56 Å². The largest absolute Gasteiger partial charge is 0.399 e. The van der Waals surface area contributed by atoms with E-state index in [0.717, 1.165) is 5.69 Å². The van der Waals surface area contributed by atoms with E-state index in [1.807, 2.05) is 24.3 Å². The van der Waals surface area contributed by atoms with Crippen LogP contribution in [0.3, 0.4) is 0 Å². The van der Waals surface area contributed by atoms with E-state index in [1.54, 1.807) is 0 Å². The zero-order valence-corrected chi connectivity index (χ0v) is 8.77. The van der Waals surface area contributed by atoms with Crippen LogP contribution in [0.4, 0.5) is 5.69 Å². The first-order valence-corrected chi connectivity index (χ1v) is 5.01. The van der Waals surface area contributed by atoms with Gasteiger partial charge in [-0.05, 0) is 23.8 Å². The van der Waals surface area contributed by atoms with E-state index in [2.05, 4.69) is 37.7 Å². The minimum atomic E-state index is 0.802. The van der Waals surface area contributed by atoms with E-state index in [1.165, 1.54) is 16.0 Å². The number of quaternary nitrogens is 1. The molecule has 1 aromatic carbocycles. The van der Waals surface area contributed by atoms with Crippen molar-refractivity contribution in [1.82, 2.24) is 0 Å². The van der Waals surface area contributed by atoms with Gasteiger partial charge in [0, 0.05) is 17.3 Å². The molecule has 0 radical (unpaired) electrons. The Morgan fingerprint density at radius 2 is 1.87 bits per heavy atom. The molecule has 1 aliphatic heterocycles. The minimum absolute atomic E-state index is 0.802. The fraction of sp³-hybridized carbons (Fsp3) is 0.0769. The van der Waals surface area contributed by atoms with Crippen molar-refractivity contribution >= 4 is 11.8 Å². The van der Waals surface area contributed by atoms with Gasteiger partial charge in [0.05, 0.1) is 13.2 Å². The molecular formula is C13H15N2+. The number of anilines is 1. The monoisotopic (exact) mass is 199 g/mol. The van der Waals surface area contributed by atoms with Crippen LogP contribution in [0.25, 0.3) is 6.08 Å². The number of nitrogen functional groups attached to an aromatic ring is 1. The summed E-state index contributed by atoms with van der Waals surface area (Å²) in [5, 5.41) is 0. The highest BCUT2D eigenvalue weighted by Gasteiger charge is 2.02. The molecule has 15 heavy (non-hydrogen) atoms. The molecule has 0 saturated heterocycles. The minimum Gasteiger partial charge on any atom is -0.399 e. The summed E-state index contributed by atoms with van der Waals surface area (Å²) >= 11 is 0. The van der Waals surface area contributed by atoms with Crippen LogP contribution >= 0.6 is 0 Å². The van der Waals surface area contributed by atoms with Crippen molar-refractivity contribution in [3.05, 3.63) is 60.0 Å². The highest BCUT2D eigenvalue weighted by Crippen LogP contribution is 2.09. The lowest BCUT2D eigenvalue weighted by Crippen LogP contribution is -2.98. The van der Waals surface area contributed by atoms with Gasteiger partial charge in [0.25, 0.3) is 0 Å². The summed E-state index contributed by atoms with van der Waals surface area (Å²) in [6.07, 6.45) is 10.6. The third kappa shape index (κ3) is 2.58. The second-order valence-corrected chi connectivity index (χ2v) is 3.72. The Morgan fingerprint density at radius 1 is 1.13 bits per heavy atom. The molecule has 0 amide bonds. The number of nitrogens with one attached hydrogen (secondary N) is 1. The Morgan fingerprint density at radius 3 is 2.47 bits per heavy atom. The molecule has 2 rings (SSSR count). The maximum atomic E-state index is 5.61. The fourth-order valence-corrected chi connectivity index (χ4v) is 1.49. The molecule has 1 aliphatic rings. The van der Waals surface area contributed by atoms with Gasteiger partial charge in [-0.3, -0.25) is 4.90 Å². The van der Waals surface area contributed by atoms with Crippen LogP contribution in [0.5, 0.6) is 0 Å². The molecule has 0 aliphatic carbocycles. The lowest BCUT2D eigenvalue weighted by atomic mass is 10.1. The van der Waals surface area contributed by atoms with Gasteiger partial charge in [-0.2, -0.15) is 0 Å². The predicted molar refractivity (Wildman–Crippen MR) is 64.0 cm³/mol. The van der Waals surface area contributed by atoms with E-state index in [9.17, 15) is 0 Å². The van der Waals surface area contributed by atoms with Crippen LogP contribution in [-0.2, 0) is 0 Å². The van der Waals surface area contributed by atoms with Crippen molar-refractivity contribution in [3.63, 3.8) is 0 Å². The molecule has 0 spiro atoms. The predicted octanol–water partition coefficient (Wildman–Crippen LogP) is 1.21. The van der Waals surface area contributed by atoms with Crippen molar-refractivity contribution in [2.24, 2.45) is 0 Å². The molecule has 0 fully saturated rings. The van der Waals surface area contributed by atoms with E-state index < -0.39 is 0 Å². The molecule has 3 N–H and O–H groups in total. The van der Waals surface area contributed by atoms with Gasteiger partial charge in [0.2, 0.25) is 0 Å². The highest BCUT2D eigenvalue weighted by atomic mass is 15.1. The van der Waals surface area contributed by atoms with Crippen LogP contribution in [0.2, 0.25) is 0 Å². The van der Waals surface area contributed by atoms with Gasteiger partial charge in [0.1, 0.15) is 6.20 Å². The topological polar surface area (TPSA) is 30.5 Å². The standard InChI is InChI=1S/C13H14N2/c1-15-9-8-12(10-15)3-2-11-4-6-13(14)7-5-11/h2-10H,14H2,1H3/p+1/b3-2+. The molecular weight excluding hydrogens is 184 g/mol. The summed E-state index contributed by atoms with van der Waals surface area (Å²) in [4.78, 5) is 1.30. The van der Waals surface area contributed by atoms with Crippen LogP contribution in [0, 0.1) is 0 Å². The van der Waals surface area contributed by atoms with Gasteiger partial charge in [0.15, 0.2) is 0 Å². The van der Waals surface area contributed by atoms with Crippen molar-refractivity contribution < 1.29 is 4.90 Å². The molecule has 1 aromatic rings. The lowest BCUT2D eigenvalue weighted by Gasteiger charge is -1.94. The molecule has 2 nitrogen and oxygen atoms in total. The van der Waals surface area contributed by atoms with E-state index in [-0.39, 0.29) is 0 Å². The lowest BCUT2D eigenvalue weighted by molar-refractivity contribution is -0.763. The number of allylic oxidation sites excluding steroid dienone is 3. The first-order valence-electron chi connectivity index (χ1n) is 5.01. The number of hydrogen-bond acceptors (Lipinski definition) is 1. The average molecular weight is 199 g/mol. The zero-order chi connectivity index (χ0) is 10.7. The number of benzene rings is 1. The Balaban J connectivity index is 2.09. The fourth-order valence-electron chi connectivity index (χ4n) is 1.49. The Bertz CT molecular complexity index is 424. The Labute approximate surface area is 90.0 Å². The van der Waals surface area contributed by atoms with Gasteiger partial charge < -0.3 is 5.73 Å². The molecule has 1 unspecified atom stereocenters. The number of rotatable bonds is 2. The Hall–Kier alpha value is -1.80. The smallest absolute Gasteiger partial charge is 0.106 e. The van der Waals surface area contributed by atoms with Gasteiger partial charge in [-0.1, -0.05) is 18.2 Å². The summed E-state index contributed by atoms with van der Waals surface area (Å²) in [6.45, 7) is 0. The highest BCUT2D eigenvalue weighted by molar-refractivity contribution is 5.57. The maximum absolute atomic E-state index is 5.61. The molecule has 1 heterocycles. The normalized spacial score (nSPS) is 19.8. The zero-order valence-electron chi connectivity index (χ0n) is 8.77. The number of nitrogens with two attached hydrogens (primary N) is 1. The Kier molecular flexibility index (Phi) is 2.70. The van der Waals surface area contributed by atoms with Crippen molar-refractivity contribution in [2.75, 3.05) is 12.8 Å². The van der Waals surface area contributed by atoms with Crippen LogP contribution in [0.15, 0.2) is 54.4 Å². The molecule has 0 saturated carbocycles. The first-order chi connectivity index (χ1) is 7.24.